The Morgan fingerprint density at radius 2 is 2.10 bits per heavy atom. The number of nitrogen functional groups attached to an aromatic ring is 1. The van der Waals surface area contributed by atoms with Crippen molar-refractivity contribution in [3.63, 3.8) is 0 Å². The van der Waals surface area contributed by atoms with Gasteiger partial charge in [-0.1, -0.05) is 23.8 Å². The molecule has 0 saturated heterocycles. The molecule has 3 N–H and O–H groups in total. The predicted octanol–water partition coefficient (Wildman–Crippen LogP) is 3.34. The van der Waals surface area contributed by atoms with Gasteiger partial charge >= 0.3 is 5.97 Å². The number of hydrogen-bond donors (Lipinski definition) is 2. The van der Waals surface area contributed by atoms with E-state index in [1.54, 1.807) is 24.3 Å². The number of benzene rings is 1. The molecule has 0 aliphatic heterocycles. The molecule has 3 rings (SSSR count). The zero-order valence-electron chi connectivity index (χ0n) is 16.4. The normalized spacial score (nSPS) is 13.3. The number of anilines is 1. The van der Waals surface area contributed by atoms with Gasteiger partial charge in [0.2, 0.25) is 0 Å². The molecule has 0 spiro atoms. The highest BCUT2D eigenvalue weighted by Crippen LogP contribution is 2.26. The van der Waals surface area contributed by atoms with Crippen LogP contribution >= 0.6 is 0 Å². The van der Waals surface area contributed by atoms with Crippen LogP contribution in [0, 0.1) is 11.3 Å². The van der Waals surface area contributed by atoms with Gasteiger partial charge < -0.3 is 20.4 Å². The summed E-state index contributed by atoms with van der Waals surface area (Å²) in [6.45, 7) is 0.542. The maximum absolute atomic E-state index is 12.8. The van der Waals surface area contributed by atoms with Crippen LogP contribution < -0.4 is 11.1 Å². The second kappa shape index (κ2) is 9.11. The average Bonchev–Trinajstić information content (AvgIpc) is 3.10. The Morgan fingerprint density at radius 1 is 1.31 bits per heavy atom. The summed E-state index contributed by atoms with van der Waals surface area (Å²) in [6, 6.07) is 8.84. The number of para-hydroxylation sites is 1. The fraction of sp³-hybridized carbons (Fsp3) is 0.318. The Kier molecular flexibility index (Phi) is 6.35. The molecule has 0 saturated carbocycles. The van der Waals surface area contributed by atoms with Crippen molar-refractivity contribution in [2.24, 2.45) is 0 Å². The summed E-state index contributed by atoms with van der Waals surface area (Å²) in [5.74, 6) is -0.929. The Hall–Kier alpha value is -3.53. The number of carbonyl (C=O) groups excluding carboxylic acids is 2. The van der Waals surface area contributed by atoms with Gasteiger partial charge in [0.05, 0.1) is 29.6 Å². The third kappa shape index (κ3) is 4.32. The second-order valence-corrected chi connectivity index (χ2v) is 6.91. The number of ether oxygens (including phenoxy) is 1. The van der Waals surface area contributed by atoms with Crippen LogP contribution in [0.1, 0.15) is 58.5 Å². The van der Waals surface area contributed by atoms with Gasteiger partial charge in [0.15, 0.2) is 5.69 Å². The first kappa shape index (κ1) is 20.2. The number of nitrogens with two attached hydrogens (primary N) is 1. The van der Waals surface area contributed by atoms with Gasteiger partial charge in [0.1, 0.15) is 6.07 Å². The van der Waals surface area contributed by atoms with Crippen LogP contribution in [0.2, 0.25) is 0 Å². The smallest absolute Gasteiger partial charge is 0.357 e. The number of carbonyl (C=O) groups is 2. The largest absolute Gasteiger partial charge is 0.464 e. The number of nitrogens with one attached hydrogen (secondary N) is 1. The number of hydrogen-bond acceptors (Lipinski definition) is 5. The average molecular weight is 392 g/mol. The van der Waals surface area contributed by atoms with E-state index in [1.165, 1.54) is 36.3 Å². The van der Waals surface area contributed by atoms with E-state index in [9.17, 15) is 14.9 Å². The van der Waals surface area contributed by atoms with Crippen molar-refractivity contribution in [2.45, 2.75) is 32.1 Å². The molecule has 29 heavy (non-hydrogen) atoms. The quantitative estimate of drug-likeness (QED) is 0.579. The number of amides is 1. The molecule has 0 radical (unpaired) electrons. The number of nitriles is 1. The van der Waals surface area contributed by atoms with Crippen LogP contribution in [0.15, 0.2) is 42.1 Å². The van der Waals surface area contributed by atoms with Crippen LogP contribution in [0.4, 0.5) is 5.69 Å². The summed E-state index contributed by atoms with van der Waals surface area (Å²) >= 11 is 0. The molecule has 1 aromatic heterocycles. The molecule has 0 bridgehead atoms. The summed E-state index contributed by atoms with van der Waals surface area (Å²) in [6.07, 6.45) is 9.17. The molecule has 0 atom stereocenters. The van der Waals surface area contributed by atoms with Crippen molar-refractivity contribution in [3.05, 3.63) is 58.9 Å². The van der Waals surface area contributed by atoms with E-state index in [2.05, 4.69) is 11.4 Å². The van der Waals surface area contributed by atoms with E-state index in [0.29, 0.717) is 17.8 Å². The summed E-state index contributed by atoms with van der Waals surface area (Å²) in [5.41, 5.74) is 8.38. The lowest BCUT2D eigenvalue weighted by atomic mass is 9.97. The number of nitrogens with zero attached hydrogens (tertiary/aromatic N) is 2. The van der Waals surface area contributed by atoms with E-state index < -0.39 is 5.97 Å². The van der Waals surface area contributed by atoms with Crippen molar-refractivity contribution >= 4 is 17.6 Å². The van der Waals surface area contributed by atoms with Crippen LogP contribution in [0.5, 0.6) is 0 Å². The standard InChI is InChI=1S/C22H24N4O3/c1-29-22(28)20-19(24)16(13-23)14-26(20)18-10-6-5-9-17(18)21(27)25-12-11-15-7-3-2-4-8-15/h5-7,9-10,14H,2-4,8,11-12,24H2,1H3,(H,25,27). The third-order valence-electron chi connectivity index (χ3n) is 5.07. The van der Waals surface area contributed by atoms with Gasteiger partial charge in [-0.2, -0.15) is 5.26 Å². The molecule has 0 unspecified atom stereocenters. The highest BCUT2D eigenvalue weighted by molar-refractivity contribution is 6.00. The third-order valence-corrected chi connectivity index (χ3v) is 5.07. The van der Waals surface area contributed by atoms with Gasteiger partial charge in [0.25, 0.3) is 5.91 Å². The first-order valence-electron chi connectivity index (χ1n) is 9.61. The Bertz CT molecular complexity index is 998. The van der Waals surface area contributed by atoms with Crippen molar-refractivity contribution in [1.29, 1.82) is 5.26 Å². The monoisotopic (exact) mass is 392 g/mol. The zero-order valence-corrected chi connectivity index (χ0v) is 16.4. The SMILES string of the molecule is COC(=O)c1c(N)c(C#N)cn1-c1ccccc1C(=O)NCCC1=CCCCC1. The predicted molar refractivity (Wildman–Crippen MR) is 110 cm³/mol. The topological polar surface area (TPSA) is 110 Å². The van der Waals surface area contributed by atoms with Crippen molar-refractivity contribution in [1.82, 2.24) is 9.88 Å². The summed E-state index contributed by atoms with van der Waals surface area (Å²) < 4.78 is 6.26. The summed E-state index contributed by atoms with van der Waals surface area (Å²) in [7, 11) is 1.24. The minimum atomic E-state index is -0.677. The van der Waals surface area contributed by atoms with E-state index in [0.717, 1.165) is 19.3 Å². The Morgan fingerprint density at radius 3 is 2.79 bits per heavy atom. The minimum absolute atomic E-state index is 0.0247. The van der Waals surface area contributed by atoms with Crippen molar-refractivity contribution in [3.8, 4) is 11.8 Å². The van der Waals surface area contributed by atoms with Gasteiger partial charge in [-0.3, -0.25) is 4.79 Å². The van der Waals surface area contributed by atoms with Gasteiger partial charge in [-0.25, -0.2) is 4.79 Å². The maximum atomic E-state index is 12.8. The molecule has 1 aromatic carbocycles. The van der Waals surface area contributed by atoms with Gasteiger partial charge in [0, 0.05) is 12.7 Å². The fourth-order valence-electron chi connectivity index (χ4n) is 3.54. The van der Waals surface area contributed by atoms with Gasteiger partial charge in [-0.15, -0.1) is 0 Å². The molecule has 7 nitrogen and oxygen atoms in total. The number of rotatable bonds is 6. The summed E-state index contributed by atoms with van der Waals surface area (Å²) in [4.78, 5) is 25.1. The van der Waals surface area contributed by atoms with E-state index in [-0.39, 0.29) is 22.9 Å². The van der Waals surface area contributed by atoms with Crippen LogP contribution in [0.3, 0.4) is 0 Å². The molecule has 1 aliphatic carbocycles. The lowest BCUT2D eigenvalue weighted by Crippen LogP contribution is -2.26. The highest BCUT2D eigenvalue weighted by Gasteiger charge is 2.24. The molecule has 1 aliphatic rings. The van der Waals surface area contributed by atoms with Crippen LogP contribution in [-0.2, 0) is 4.74 Å². The zero-order chi connectivity index (χ0) is 20.8. The molecular weight excluding hydrogens is 368 g/mol. The lowest BCUT2D eigenvalue weighted by Gasteiger charge is -2.15. The number of aromatic nitrogens is 1. The number of esters is 1. The second-order valence-electron chi connectivity index (χ2n) is 6.91. The molecular formula is C22H24N4O3. The molecule has 150 valence electrons. The van der Waals surface area contributed by atoms with Gasteiger partial charge in [-0.05, 0) is 44.2 Å². The molecule has 1 heterocycles. The molecule has 0 fully saturated rings. The fourth-order valence-corrected chi connectivity index (χ4v) is 3.54. The molecule has 2 aromatic rings. The number of methoxy groups -OCH3 is 1. The first-order valence-corrected chi connectivity index (χ1v) is 9.61. The molecule has 7 heteroatoms. The molecule has 1 amide bonds. The first-order chi connectivity index (χ1) is 14.1. The minimum Gasteiger partial charge on any atom is -0.464 e. The lowest BCUT2D eigenvalue weighted by molar-refractivity contribution is 0.0592. The van der Waals surface area contributed by atoms with Crippen LogP contribution in [-0.4, -0.2) is 30.1 Å². The maximum Gasteiger partial charge on any atom is 0.357 e. The van der Waals surface area contributed by atoms with Crippen molar-refractivity contribution in [2.75, 3.05) is 19.4 Å². The van der Waals surface area contributed by atoms with Crippen LogP contribution in [0.25, 0.3) is 5.69 Å². The van der Waals surface area contributed by atoms with E-state index >= 15 is 0 Å². The van der Waals surface area contributed by atoms with E-state index in [4.69, 9.17) is 10.5 Å². The van der Waals surface area contributed by atoms with Crippen molar-refractivity contribution < 1.29 is 14.3 Å². The summed E-state index contributed by atoms with van der Waals surface area (Å²) in [5, 5.41) is 12.2. The Balaban J connectivity index is 1.87. The van der Waals surface area contributed by atoms with E-state index in [1.807, 2.05) is 6.07 Å². The Labute approximate surface area is 169 Å². The number of allylic oxidation sites excluding steroid dienone is 1. The highest BCUT2D eigenvalue weighted by atomic mass is 16.5.